The average molecular weight is 495 g/mol. The highest BCUT2D eigenvalue weighted by Crippen LogP contribution is 2.18. The van der Waals surface area contributed by atoms with Gasteiger partial charge in [-0.15, -0.1) is 0 Å². The molecule has 0 amide bonds. The van der Waals surface area contributed by atoms with Gasteiger partial charge in [-0.3, -0.25) is 4.55 Å². The normalized spacial score (nSPS) is 10.7. The molecule has 2 aromatic carbocycles. The van der Waals surface area contributed by atoms with E-state index in [4.69, 9.17) is 33.9 Å². The summed E-state index contributed by atoms with van der Waals surface area (Å²) >= 11 is 0. The molecular weight excluding hydrogens is 485 g/mol. The van der Waals surface area contributed by atoms with Crippen LogP contribution in [0.15, 0.2) is 47.4 Å². The van der Waals surface area contributed by atoms with Crippen LogP contribution in [0, 0.1) is 11.6 Å². The van der Waals surface area contributed by atoms with Crippen molar-refractivity contribution in [2.45, 2.75) is 4.90 Å². The van der Waals surface area contributed by atoms with Gasteiger partial charge in [-0.2, -0.15) is 8.42 Å². The summed E-state index contributed by atoms with van der Waals surface area (Å²) < 4.78 is 72.0. The highest BCUT2D eigenvalue weighted by atomic mass is 35.7. The van der Waals surface area contributed by atoms with Crippen LogP contribution in [0.3, 0.4) is 0 Å². The van der Waals surface area contributed by atoms with Gasteiger partial charge in [0.05, 0.1) is 16.0 Å². The minimum atomic E-state index is -4.19. The lowest BCUT2D eigenvalue weighted by Gasteiger charge is -1.99. The number of carbonyl (C=O) groups is 2. The Hall–Kier alpha value is -2.32. The molecule has 0 aliphatic heterocycles. The zero-order valence-electron chi connectivity index (χ0n) is 13.7. The van der Waals surface area contributed by atoms with E-state index < -0.39 is 52.4 Å². The first-order valence-corrected chi connectivity index (χ1v) is 11.2. The molecule has 0 radical (unpaired) electrons. The molecular formula is C14H10Cl2F2O9S2. The zero-order valence-corrected chi connectivity index (χ0v) is 16.8. The second-order valence-corrected chi connectivity index (χ2v) is 9.14. The highest BCUT2D eigenvalue weighted by molar-refractivity contribution is 8.13. The fourth-order valence-electron chi connectivity index (χ4n) is 1.45. The topological polar surface area (TPSA) is 163 Å². The summed E-state index contributed by atoms with van der Waals surface area (Å²) in [6.45, 7) is 0. The lowest BCUT2D eigenvalue weighted by molar-refractivity contribution is 0.0680. The van der Waals surface area contributed by atoms with Gasteiger partial charge in [0, 0.05) is 21.4 Å². The standard InChI is InChI=1S/C7H4ClFO4S.C7H5FO2.ClHO3S/c8-14(12,13)4-1-2-6(9)5(3-4)7(10)11;8-6-4-2-1-3-5(6)7(9)10;1-5(2,3)4/h1-3H,(H,10,11);1-4H,(H,9,10);(H,2,3,4). The minimum absolute atomic E-state index is 0.289. The Morgan fingerprint density at radius 2 is 1.21 bits per heavy atom. The van der Waals surface area contributed by atoms with Crippen molar-refractivity contribution in [3.05, 3.63) is 65.2 Å². The maximum atomic E-state index is 12.8. The molecule has 29 heavy (non-hydrogen) atoms. The van der Waals surface area contributed by atoms with Crippen LogP contribution < -0.4 is 0 Å². The van der Waals surface area contributed by atoms with Crippen LogP contribution in [-0.2, 0) is 18.4 Å². The fraction of sp³-hybridized carbons (Fsp3) is 0. The van der Waals surface area contributed by atoms with E-state index in [1.165, 1.54) is 18.2 Å². The molecule has 0 saturated carbocycles. The Balaban J connectivity index is 0.000000455. The third-order valence-corrected chi connectivity index (χ3v) is 3.91. The first kappa shape index (κ1) is 26.7. The maximum Gasteiger partial charge on any atom is 0.353 e. The molecule has 0 heterocycles. The van der Waals surface area contributed by atoms with E-state index in [0.29, 0.717) is 6.07 Å². The van der Waals surface area contributed by atoms with Crippen LogP contribution in [0.5, 0.6) is 0 Å². The molecule has 160 valence electrons. The van der Waals surface area contributed by atoms with Gasteiger partial charge in [-0.1, -0.05) is 12.1 Å². The van der Waals surface area contributed by atoms with Gasteiger partial charge in [0.25, 0.3) is 9.05 Å². The quantitative estimate of drug-likeness (QED) is 0.429. The molecule has 2 aromatic rings. The second-order valence-electron chi connectivity index (χ2n) is 4.58. The first-order valence-electron chi connectivity index (χ1n) is 6.66. The Morgan fingerprint density at radius 3 is 1.55 bits per heavy atom. The summed E-state index contributed by atoms with van der Waals surface area (Å²) in [5, 5.41) is 16.8. The van der Waals surface area contributed by atoms with Gasteiger partial charge >= 0.3 is 21.3 Å². The van der Waals surface area contributed by atoms with E-state index in [2.05, 4.69) is 10.7 Å². The predicted molar refractivity (Wildman–Crippen MR) is 97.2 cm³/mol. The van der Waals surface area contributed by atoms with Crippen LogP contribution in [0.1, 0.15) is 20.7 Å². The van der Waals surface area contributed by atoms with E-state index in [-0.39, 0.29) is 5.56 Å². The van der Waals surface area contributed by atoms with Gasteiger partial charge in [-0.05, 0) is 30.3 Å². The van der Waals surface area contributed by atoms with Crippen molar-refractivity contribution >= 4 is 51.7 Å². The van der Waals surface area contributed by atoms with E-state index in [9.17, 15) is 26.8 Å². The second kappa shape index (κ2) is 11.0. The van der Waals surface area contributed by atoms with Crippen molar-refractivity contribution in [1.29, 1.82) is 0 Å². The average Bonchev–Trinajstić information content (AvgIpc) is 2.53. The van der Waals surface area contributed by atoms with Crippen LogP contribution in [0.25, 0.3) is 0 Å². The summed E-state index contributed by atoms with van der Waals surface area (Å²) in [6, 6.07) is 7.55. The summed E-state index contributed by atoms with van der Waals surface area (Å²) in [4.78, 5) is 20.2. The Kier molecular flexibility index (Phi) is 10.1. The van der Waals surface area contributed by atoms with Crippen molar-refractivity contribution in [2.24, 2.45) is 0 Å². The van der Waals surface area contributed by atoms with Gasteiger partial charge in [0.1, 0.15) is 11.6 Å². The molecule has 0 bridgehead atoms. The molecule has 0 aliphatic carbocycles. The van der Waals surface area contributed by atoms with Crippen LogP contribution in [-0.4, -0.2) is 43.5 Å². The molecule has 9 nitrogen and oxygen atoms in total. The summed E-state index contributed by atoms with van der Waals surface area (Å²) in [6.07, 6.45) is 0. The minimum Gasteiger partial charge on any atom is -0.478 e. The smallest absolute Gasteiger partial charge is 0.353 e. The lowest BCUT2D eigenvalue weighted by Crippen LogP contribution is -2.02. The van der Waals surface area contributed by atoms with E-state index >= 15 is 0 Å². The van der Waals surface area contributed by atoms with Crippen molar-refractivity contribution in [3.8, 4) is 0 Å². The van der Waals surface area contributed by atoms with E-state index in [1.807, 2.05) is 0 Å². The van der Waals surface area contributed by atoms with Gasteiger partial charge in [-0.25, -0.2) is 26.8 Å². The predicted octanol–water partition coefficient (Wildman–Crippen LogP) is 3.00. The molecule has 0 aromatic heterocycles. The number of carboxylic acids is 2. The fourth-order valence-corrected chi connectivity index (χ4v) is 2.23. The van der Waals surface area contributed by atoms with E-state index in [0.717, 1.165) is 18.2 Å². The molecule has 0 unspecified atom stereocenters. The van der Waals surface area contributed by atoms with Crippen LogP contribution in [0.4, 0.5) is 8.78 Å². The Bertz CT molecular complexity index is 1100. The number of halogens is 4. The molecule has 2 rings (SSSR count). The van der Waals surface area contributed by atoms with E-state index in [1.54, 1.807) is 0 Å². The highest BCUT2D eigenvalue weighted by Gasteiger charge is 2.16. The first-order chi connectivity index (χ1) is 13.0. The lowest BCUT2D eigenvalue weighted by atomic mass is 10.2. The largest absolute Gasteiger partial charge is 0.478 e. The van der Waals surface area contributed by atoms with Gasteiger partial charge < -0.3 is 10.2 Å². The number of benzene rings is 2. The molecule has 0 spiro atoms. The third kappa shape index (κ3) is 11.3. The summed E-state index contributed by atoms with van der Waals surface area (Å²) in [7, 11) is 0.774. The van der Waals surface area contributed by atoms with Gasteiger partial charge in [0.2, 0.25) is 0 Å². The van der Waals surface area contributed by atoms with Gasteiger partial charge in [0.15, 0.2) is 0 Å². The third-order valence-electron chi connectivity index (χ3n) is 2.55. The number of rotatable bonds is 3. The van der Waals surface area contributed by atoms with Crippen molar-refractivity contribution in [1.82, 2.24) is 0 Å². The Labute approximate surface area is 171 Å². The van der Waals surface area contributed by atoms with Crippen molar-refractivity contribution in [3.63, 3.8) is 0 Å². The number of hydrogen-bond donors (Lipinski definition) is 3. The van der Waals surface area contributed by atoms with Crippen molar-refractivity contribution < 1.29 is 50.0 Å². The van der Waals surface area contributed by atoms with Crippen LogP contribution in [0.2, 0.25) is 0 Å². The van der Waals surface area contributed by atoms with Crippen LogP contribution >= 0.6 is 21.4 Å². The molecule has 0 aliphatic rings. The number of hydrogen-bond acceptors (Lipinski definition) is 6. The van der Waals surface area contributed by atoms with Crippen molar-refractivity contribution in [2.75, 3.05) is 0 Å². The monoisotopic (exact) mass is 494 g/mol. The SMILES string of the molecule is O=C(O)c1cc(S(=O)(=O)Cl)ccc1F.O=C(O)c1ccccc1F.O=S(=O)(O)Cl. The Morgan fingerprint density at radius 1 is 0.793 bits per heavy atom. The molecule has 0 atom stereocenters. The molecule has 0 fully saturated rings. The maximum absolute atomic E-state index is 12.8. The number of aromatic carboxylic acids is 2. The zero-order chi connectivity index (χ0) is 23.0. The molecule has 0 saturated heterocycles. The summed E-state index contributed by atoms with van der Waals surface area (Å²) in [5.41, 5.74) is -1.02. The number of carboxylic acid groups (broad SMARTS) is 2. The molecule has 15 heteroatoms. The summed E-state index contributed by atoms with van der Waals surface area (Å²) in [5.74, 6) is -4.50. The molecule has 3 N–H and O–H groups in total.